The molecule has 1 aliphatic heterocycles. The maximum atomic E-state index is 12.3. The van der Waals surface area contributed by atoms with Gasteiger partial charge < -0.3 is 39.4 Å². The van der Waals surface area contributed by atoms with Crippen molar-refractivity contribution in [3.05, 3.63) is 0 Å². The molecule has 4 N–H and O–H groups in total. The van der Waals surface area contributed by atoms with Crippen molar-refractivity contribution in [1.29, 1.82) is 0 Å². The molecule has 0 spiro atoms. The van der Waals surface area contributed by atoms with Gasteiger partial charge in [0.05, 0.1) is 31.0 Å². The van der Waals surface area contributed by atoms with Gasteiger partial charge >= 0.3 is 11.9 Å². The number of esters is 2. The maximum absolute atomic E-state index is 12.3. The van der Waals surface area contributed by atoms with Crippen LogP contribution >= 0.6 is 0 Å². The van der Waals surface area contributed by atoms with Gasteiger partial charge in [0.25, 0.3) is 0 Å². The first-order valence-corrected chi connectivity index (χ1v) is 17.9. The Bertz CT molecular complexity index is 1090. The van der Waals surface area contributed by atoms with Gasteiger partial charge in [0.1, 0.15) is 12.2 Å². The minimum absolute atomic E-state index is 0.143. The summed E-state index contributed by atoms with van der Waals surface area (Å²) in [5.74, 6) is 2.01. The van der Waals surface area contributed by atoms with E-state index in [1.807, 2.05) is 0 Å². The molecule has 0 amide bonds. The van der Waals surface area contributed by atoms with Crippen molar-refractivity contribution >= 4 is 11.9 Å². The Morgan fingerprint density at radius 2 is 1.70 bits per heavy atom. The first-order chi connectivity index (χ1) is 21.6. The molecule has 15 atom stereocenters. The van der Waals surface area contributed by atoms with Crippen molar-refractivity contribution in [2.24, 2.45) is 46.3 Å². The molecule has 10 nitrogen and oxygen atoms in total. The molecule has 0 bridgehead atoms. The summed E-state index contributed by atoms with van der Waals surface area (Å²) in [6.45, 7) is 12.3. The van der Waals surface area contributed by atoms with Crippen molar-refractivity contribution in [1.82, 2.24) is 0 Å². The number of hydrogen-bond acceptors (Lipinski definition) is 10. The topological polar surface area (TPSA) is 152 Å². The first-order valence-electron chi connectivity index (χ1n) is 17.9. The SMILES string of the molecule is CC(=O)OCC(C)CCCC(C)[C@H]1CCC2C3C[C@@H](O)[C@@]4(O)C[C@@H](O[C@@H]5OC[C@@H](O)[C@@H](OC(C)=O)[C@@H]5O)CC[C@]4(C)C3CC[C@@]21C. The van der Waals surface area contributed by atoms with Crippen LogP contribution in [0, 0.1) is 46.3 Å². The molecule has 5 unspecified atom stereocenters. The third-order valence-corrected chi connectivity index (χ3v) is 13.6. The van der Waals surface area contributed by atoms with Crippen LogP contribution in [-0.4, -0.2) is 88.0 Å². The van der Waals surface area contributed by atoms with Gasteiger partial charge in [-0.05, 0) is 92.3 Å². The average molecular weight is 653 g/mol. The van der Waals surface area contributed by atoms with E-state index in [1.165, 1.54) is 33.1 Å². The second-order valence-corrected chi connectivity index (χ2v) is 16.3. The van der Waals surface area contributed by atoms with Crippen molar-refractivity contribution in [3.8, 4) is 0 Å². The van der Waals surface area contributed by atoms with E-state index >= 15 is 0 Å². The molecule has 10 heteroatoms. The van der Waals surface area contributed by atoms with Crippen LogP contribution in [0.3, 0.4) is 0 Å². The standard InChI is InChI=1S/C36H60O10/c1-20(18-43-22(3)37)8-7-9-21(2)26-10-11-27-25-16-30(40)36(42)17-24(12-15-35(36,6)28(25)13-14-34(26,27)5)46-33-31(41)32(45-23(4)38)29(39)19-44-33/h20-21,24-33,39-42H,7-19H2,1-6H3/t20?,21?,24-,25?,26+,27?,28?,29+,30+,31-,32+,33-,34+,35+,36-/m0/s1. The molecular weight excluding hydrogens is 592 g/mol. The second-order valence-electron chi connectivity index (χ2n) is 16.3. The van der Waals surface area contributed by atoms with E-state index < -0.39 is 53.8 Å². The van der Waals surface area contributed by atoms with Crippen molar-refractivity contribution in [2.75, 3.05) is 13.2 Å². The van der Waals surface area contributed by atoms with Gasteiger partial charge in [0.2, 0.25) is 0 Å². The lowest BCUT2D eigenvalue weighted by molar-refractivity contribution is -0.311. The molecular formula is C36H60O10. The first kappa shape index (κ1) is 36.0. The predicted octanol–water partition coefficient (Wildman–Crippen LogP) is 4.13. The van der Waals surface area contributed by atoms with Crippen LogP contribution in [0.2, 0.25) is 0 Å². The van der Waals surface area contributed by atoms with E-state index in [-0.39, 0.29) is 24.4 Å². The fraction of sp³-hybridized carbons (Fsp3) is 0.944. The summed E-state index contributed by atoms with van der Waals surface area (Å²) in [7, 11) is 0. The van der Waals surface area contributed by atoms with Crippen molar-refractivity contribution in [3.63, 3.8) is 0 Å². The van der Waals surface area contributed by atoms with Crippen LogP contribution in [0.4, 0.5) is 0 Å². The maximum Gasteiger partial charge on any atom is 0.303 e. The highest BCUT2D eigenvalue weighted by Gasteiger charge is 2.67. The number of carbonyl (C=O) groups is 2. The molecule has 5 rings (SSSR count). The molecule has 0 radical (unpaired) electrons. The average Bonchev–Trinajstić information content (AvgIpc) is 3.34. The van der Waals surface area contributed by atoms with Gasteiger partial charge in [0, 0.05) is 25.7 Å². The quantitative estimate of drug-likeness (QED) is 0.200. The lowest BCUT2D eigenvalue weighted by Crippen LogP contribution is -2.69. The lowest BCUT2D eigenvalue weighted by atomic mass is 9.42. The number of aliphatic hydroxyl groups is 4. The minimum Gasteiger partial charge on any atom is -0.466 e. The van der Waals surface area contributed by atoms with Gasteiger partial charge in [-0.1, -0.05) is 40.5 Å². The highest BCUT2D eigenvalue weighted by atomic mass is 16.7. The summed E-state index contributed by atoms with van der Waals surface area (Å²) in [4.78, 5) is 22.7. The third-order valence-electron chi connectivity index (χ3n) is 13.6. The number of ether oxygens (including phenoxy) is 4. The summed E-state index contributed by atoms with van der Waals surface area (Å²) in [6.07, 6.45) is 3.98. The van der Waals surface area contributed by atoms with E-state index in [4.69, 9.17) is 18.9 Å². The van der Waals surface area contributed by atoms with Crippen LogP contribution in [0.5, 0.6) is 0 Å². The Hall–Kier alpha value is -1.30. The van der Waals surface area contributed by atoms with E-state index in [0.29, 0.717) is 61.4 Å². The van der Waals surface area contributed by atoms with Crippen molar-refractivity contribution < 1.29 is 49.0 Å². The molecule has 1 heterocycles. The number of hydrogen-bond donors (Lipinski definition) is 4. The van der Waals surface area contributed by atoms with Crippen molar-refractivity contribution in [2.45, 2.75) is 155 Å². The summed E-state index contributed by atoms with van der Waals surface area (Å²) in [5, 5.41) is 45.1. The fourth-order valence-corrected chi connectivity index (χ4v) is 11.1. The molecule has 46 heavy (non-hydrogen) atoms. The summed E-state index contributed by atoms with van der Waals surface area (Å²) < 4.78 is 22.1. The van der Waals surface area contributed by atoms with Crippen LogP contribution < -0.4 is 0 Å². The number of fused-ring (bicyclic) bond motifs is 5. The summed E-state index contributed by atoms with van der Waals surface area (Å²) in [5.41, 5.74) is -1.55. The lowest BCUT2D eigenvalue weighted by Gasteiger charge is -2.65. The molecule has 0 aromatic rings. The zero-order valence-electron chi connectivity index (χ0n) is 28.9. The molecule has 4 aliphatic carbocycles. The van der Waals surface area contributed by atoms with E-state index in [2.05, 4.69) is 27.7 Å². The molecule has 0 aromatic heterocycles. The zero-order chi connectivity index (χ0) is 33.6. The van der Waals surface area contributed by atoms with E-state index in [9.17, 15) is 30.0 Å². The van der Waals surface area contributed by atoms with Gasteiger partial charge in [-0.3, -0.25) is 9.59 Å². The summed E-state index contributed by atoms with van der Waals surface area (Å²) >= 11 is 0. The van der Waals surface area contributed by atoms with E-state index in [0.717, 1.165) is 25.7 Å². The molecule has 5 aliphatic rings. The molecule has 264 valence electrons. The highest BCUT2D eigenvalue weighted by Crippen LogP contribution is 2.69. The molecule has 0 aromatic carbocycles. The minimum atomic E-state index is -1.37. The Morgan fingerprint density at radius 3 is 2.39 bits per heavy atom. The fourth-order valence-electron chi connectivity index (χ4n) is 11.1. The summed E-state index contributed by atoms with van der Waals surface area (Å²) in [6, 6.07) is 0. The zero-order valence-corrected chi connectivity index (χ0v) is 28.9. The molecule has 4 saturated carbocycles. The van der Waals surface area contributed by atoms with E-state index in [1.54, 1.807) is 0 Å². The third kappa shape index (κ3) is 6.65. The molecule has 5 fully saturated rings. The highest BCUT2D eigenvalue weighted by molar-refractivity contribution is 5.66. The number of aliphatic hydroxyl groups excluding tert-OH is 3. The van der Waals surface area contributed by atoms with Gasteiger partial charge in [0.15, 0.2) is 12.4 Å². The number of rotatable bonds is 10. The smallest absolute Gasteiger partial charge is 0.303 e. The van der Waals surface area contributed by atoms with Crippen LogP contribution in [0.1, 0.15) is 112 Å². The largest absolute Gasteiger partial charge is 0.466 e. The van der Waals surface area contributed by atoms with Gasteiger partial charge in [-0.25, -0.2) is 0 Å². The Balaban J connectivity index is 1.21. The predicted molar refractivity (Wildman–Crippen MR) is 169 cm³/mol. The van der Waals surface area contributed by atoms with Gasteiger partial charge in [-0.2, -0.15) is 0 Å². The van der Waals surface area contributed by atoms with Crippen LogP contribution in [0.15, 0.2) is 0 Å². The molecule has 1 saturated heterocycles. The van der Waals surface area contributed by atoms with Crippen LogP contribution in [-0.2, 0) is 28.5 Å². The van der Waals surface area contributed by atoms with Crippen LogP contribution in [0.25, 0.3) is 0 Å². The monoisotopic (exact) mass is 652 g/mol. The Morgan fingerprint density at radius 1 is 0.957 bits per heavy atom. The normalized spacial score (nSPS) is 46.7. The Labute approximate surface area is 274 Å². The Kier molecular flexibility index (Phi) is 10.9. The van der Waals surface area contributed by atoms with Gasteiger partial charge in [-0.15, -0.1) is 0 Å². The second kappa shape index (κ2) is 13.9. The number of carbonyl (C=O) groups excluding carboxylic acids is 2.